The molecular formula is C14H7Cl2F3O3. The first-order valence-corrected chi connectivity index (χ1v) is 6.47. The van der Waals surface area contributed by atoms with E-state index >= 15 is 0 Å². The molecule has 2 aromatic carbocycles. The summed E-state index contributed by atoms with van der Waals surface area (Å²) in [6, 6.07) is 8.45. The summed E-state index contributed by atoms with van der Waals surface area (Å²) in [6.07, 6.45) is -4.49. The zero-order valence-corrected chi connectivity index (χ0v) is 12.2. The Hall–Kier alpha value is -1.92. The predicted molar refractivity (Wildman–Crippen MR) is 74.2 cm³/mol. The molecule has 116 valence electrons. The van der Waals surface area contributed by atoms with Crippen molar-refractivity contribution < 1.29 is 27.0 Å². The number of alkyl halides is 3. The summed E-state index contributed by atoms with van der Waals surface area (Å²) >= 11 is 10.7. The number of rotatable bonds is 3. The first-order valence-electron chi connectivity index (χ1n) is 5.79. The van der Waals surface area contributed by atoms with Crippen molar-refractivity contribution in [2.75, 3.05) is 0 Å². The Morgan fingerprint density at radius 1 is 1.09 bits per heavy atom. The molecule has 0 saturated heterocycles. The van der Waals surface area contributed by atoms with Crippen molar-refractivity contribution in [1.82, 2.24) is 0 Å². The van der Waals surface area contributed by atoms with Crippen LogP contribution in [-0.4, -0.2) is 5.97 Å². The zero-order valence-electron chi connectivity index (χ0n) is 10.7. The first-order chi connectivity index (χ1) is 10.3. The molecule has 0 aliphatic heterocycles. The molecule has 8 heteroatoms. The summed E-state index contributed by atoms with van der Waals surface area (Å²) in [5, 5.41) is -0.208. The lowest BCUT2D eigenvalue weighted by molar-refractivity contribution is -0.137. The Morgan fingerprint density at radius 2 is 1.82 bits per heavy atom. The van der Waals surface area contributed by atoms with Gasteiger partial charge >= 0.3 is 12.1 Å². The third-order valence-corrected chi connectivity index (χ3v) is 3.06. The van der Waals surface area contributed by atoms with Gasteiger partial charge in [0.25, 0.3) is 0 Å². The van der Waals surface area contributed by atoms with Gasteiger partial charge in [0.15, 0.2) is 0 Å². The van der Waals surface area contributed by atoms with Crippen molar-refractivity contribution in [2.24, 2.45) is 0 Å². The lowest BCUT2D eigenvalue weighted by Gasteiger charge is -2.11. The molecule has 0 atom stereocenters. The Bertz CT molecular complexity index is 702. The number of ether oxygens (including phenoxy) is 1. The molecule has 0 aliphatic carbocycles. The number of benzene rings is 2. The molecule has 2 aromatic rings. The van der Waals surface area contributed by atoms with Gasteiger partial charge in [-0.15, -0.1) is 0 Å². The molecule has 22 heavy (non-hydrogen) atoms. The summed E-state index contributed by atoms with van der Waals surface area (Å²) in [5.74, 6) is -0.571. The smallest absolute Gasteiger partial charge is 0.416 e. The summed E-state index contributed by atoms with van der Waals surface area (Å²) in [5.41, 5.74) is -0.764. The quantitative estimate of drug-likeness (QED) is 0.737. The Labute approximate surface area is 133 Å². The fourth-order valence-corrected chi connectivity index (χ4v) is 1.93. The highest BCUT2D eigenvalue weighted by Crippen LogP contribution is 2.36. The number of carbonyl (C=O) groups is 1. The molecule has 0 radical (unpaired) electrons. The number of hydrogen-bond acceptors (Lipinski definition) is 3. The zero-order chi connectivity index (χ0) is 16.3. The van der Waals surface area contributed by atoms with Crippen LogP contribution in [-0.2, 0) is 10.5 Å². The first kappa shape index (κ1) is 16.5. The van der Waals surface area contributed by atoms with Crippen LogP contribution in [0, 0.1) is 0 Å². The molecule has 0 unspecified atom stereocenters. The number of carbonyl (C=O) groups excluding carboxylic acids is 1. The van der Waals surface area contributed by atoms with Crippen molar-refractivity contribution >= 4 is 29.4 Å². The molecule has 0 fully saturated rings. The SMILES string of the molecule is O=C(OCl)c1cccc(Oc2ccc(C(F)(F)F)cc2Cl)c1. The lowest BCUT2D eigenvalue weighted by atomic mass is 10.2. The molecule has 0 aromatic heterocycles. The van der Waals surface area contributed by atoms with Crippen LogP contribution >= 0.6 is 23.5 Å². The minimum atomic E-state index is -4.49. The van der Waals surface area contributed by atoms with E-state index < -0.39 is 17.7 Å². The predicted octanol–water partition coefficient (Wildman–Crippen LogP) is 5.46. The monoisotopic (exact) mass is 350 g/mol. The van der Waals surface area contributed by atoms with E-state index in [9.17, 15) is 18.0 Å². The van der Waals surface area contributed by atoms with Crippen LogP contribution in [0.2, 0.25) is 5.02 Å². The van der Waals surface area contributed by atoms with Gasteiger partial charge in [0.1, 0.15) is 23.4 Å². The van der Waals surface area contributed by atoms with Crippen molar-refractivity contribution in [3.63, 3.8) is 0 Å². The maximum atomic E-state index is 12.5. The van der Waals surface area contributed by atoms with Crippen LogP contribution in [0.5, 0.6) is 11.5 Å². The molecule has 0 aliphatic rings. The van der Waals surface area contributed by atoms with E-state index in [1.54, 1.807) is 0 Å². The second-order valence-electron chi connectivity index (χ2n) is 4.14. The van der Waals surface area contributed by atoms with Crippen molar-refractivity contribution in [3.05, 3.63) is 58.6 Å². The van der Waals surface area contributed by atoms with Gasteiger partial charge < -0.3 is 9.03 Å². The molecule has 0 bridgehead atoms. The van der Waals surface area contributed by atoms with E-state index in [1.165, 1.54) is 24.3 Å². The molecule has 0 spiro atoms. The van der Waals surface area contributed by atoms with E-state index in [1.807, 2.05) is 0 Å². The van der Waals surface area contributed by atoms with Gasteiger partial charge in [-0.1, -0.05) is 17.7 Å². The summed E-state index contributed by atoms with van der Waals surface area (Å²) < 4.78 is 47.0. The summed E-state index contributed by atoms with van der Waals surface area (Å²) in [6.45, 7) is 0. The lowest BCUT2D eigenvalue weighted by Crippen LogP contribution is -2.04. The van der Waals surface area contributed by atoms with E-state index in [4.69, 9.17) is 28.2 Å². The third kappa shape index (κ3) is 3.84. The maximum Gasteiger partial charge on any atom is 0.416 e. The van der Waals surface area contributed by atoms with Crippen molar-refractivity contribution in [1.29, 1.82) is 0 Å². The van der Waals surface area contributed by atoms with E-state index in [0.717, 1.165) is 18.2 Å². The van der Waals surface area contributed by atoms with Crippen LogP contribution in [0.25, 0.3) is 0 Å². The standard InChI is InChI=1S/C14H7Cl2F3O3/c15-11-7-9(14(17,18)19)4-5-12(11)21-10-3-1-2-8(6-10)13(20)22-16/h1-7H. The molecular weight excluding hydrogens is 344 g/mol. The molecule has 0 heterocycles. The molecule has 0 amide bonds. The van der Waals surface area contributed by atoms with Gasteiger partial charge in [-0.25, -0.2) is 4.79 Å². The molecule has 2 rings (SSSR count). The minimum Gasteiger partial charge on any atom is -0.456 e. The van der Waals surface area contributed by atoms with E-state index in [2.05, 4.69) is 4.29 Å². The molecule has 0 saturated carbocycles. The van der Waals surface area contributed by atoms with Crippen LogP contribution in [0.4, 0.5) is 13.2 Å². The Kier molecular flexibility index (Phi) is 4.83. The Balaban J connectivity index is 2.26. The Morgan fingerprint density at radius 3 is 2.41 bits per heavy atom. The van der Waals surface area contributed by atoms with E-state index in [-0.39, 0.29) is 22.1 Å². The van der Waals surface area contributed by atoms with Gasteiger partial charge in [-0.05, 0) is 36.4 Å². The summed E-state index contributed by atoms with van der Waals surface area (Å²) in [7, 11) is 0. The fourth-order valence-electron chi connectivity index (χ4n) is 1.62. The van der Waals surface area contributed by atoms with Gasteiger partial charge in [-0.2, -0.15) is 13.2 Å². The van der Waals surface area contributed by atoms with Crippen molar-refractivity contribution in [2.45, 2.75) is 6.18 Å². The van der Waals surface area contributed by atoms with Crippen LogP contribution in [0.1, 0.15) is 15.9 Å². The van der Waals surface area contributed by atoms with Gasteiger partial charge in [-0.3, -0.25) is 0 Å². The average molecular weight is 351 g/mol. The van der Waals surface area contributed by atoms with Gasteiger partial charge in [0.05, 0.1) is 16.1 Å². The van der Waals surface area contributed by atoms with Crippen molar-refractivity contribution in [3.8, 4) is 11.5 Å². The van der Waals surface area contributed by atoms with Crippen LogP contribution in [0.15, 0.2) is 42.5 Å². The van der Waals surface area contributed by atoms with Crippen LogP contribution < -0.4 is 4.74 Å². The minimum absolute atomic E-state index is 0.0195. The van der Waals surface area contributed by atoms with Gasteiger partial charge in [0.2, 0.25) is 0 Å². The highest BCUT2D eigenvalue weighted by atomic mass is 35.5. The second kappa shape index (κ2) is 6.46. The number of halogens is 5. The second-order valence-corrected chi connectivity index (χ2v) is 4.70. The largest absolute Gasteiger partial charge is 0.456 e. The maximum absolute atomic E-state index is 12.5. The topological polar surface area (TPSA) is 35.5 Å². The number of hydrogen-bond donors (Lipinski definition) is 0. The van der Waals surface area contributed by atoms with E-state index in [0.29, 0.717) is 0 Å². The third-order valence-electron chi connectivity index (χ3n) is 2.63. The van der Waals surface area contributed by atoms with Gasteiger partial charge in [0, 0.05) is 0 Å². The highest BCUT2D eigenvalue weighted by Gasteiger charge is 2.31. The van der Waals surface area contributed by atoms with Crippen LogP contribution in [0.3, 0.4) is 0 Å². The normalized spacial score (nSPS) is 11.1. The molecule has 0 N–H and O–H groups in total. The molecule has 3 nitrogen and oxygen atoms in total. The average Bonchev–Trinajstić information content (AvgIpc) is 2.47. The highest BCUT2D eigenvalue weighted by molar-refractivity contribution is 6.32. The fraction of sp³-hybridized carbons (Fsp3) is 0.0714. The summed E-state index contributed by atoms with van der Waals surface area (Å²) in [4.78, 5) is 11.3.